The topological polar surface area (TPSA) is 83.6 Å². The van der Waals surface area contributed by atoms with Crippen LogP contribution in [0.25, 0.3) is 0 Å². The molecule has 0 spiro atoms. The van der Waals surface area contributed by atoms with E-state index in [4.69, 9.17) is 5.73 Å². The Bertz CT molecular complexity index is 543. The van der Waals surface area contributed by atoms with Crippen LogP contribution in [0.5, 0.6) is 0 Å². The molecule has 0 saturated carbocycles. The largest absolute Gasteiger partial charge is 0.398 e. The van der Waals surface area contributed by atoms with Crippen LogP contribution in [-0.4, -0.2) is 37.0 Å². The van der Waals surface area contributed by atoms with Crippen molar-refractivity contribution in [3.63, 3.8) is 0 Å². The van der Waals surface area contributed by atoms with Crippen molar-refractivity contribution in [2.75, 3.05) is 18.8 Å². The van der Waals surface area contributed by atoms with Gasteiger partial charge in [0.15, 0.2) is 0 Å². The van der Waals surface area contributed by atoms with Crippen LogP contribution >= 0.6 is 0 Å². The summed E-state index contributed by atoms with van der Waals surface area (Å²) in [4.78, 5) is 0. The second kappa shape index (κ2) is 5.48. The summed E-state index contributed by atoms with van der Waals surface area (Å²) < 4.78 is 26.1. The van der Waals surface area contributed by atoms with Gasteiger partial charge in [-0.25, -0.2) is 12.7 Å². The van der Waals surface area contributed by atoms with Crippen LogP contribution in [0.15, 0.2) is 24.3 Å². The van der Waals surface area contributed by atoms with Gasteiger partial charge < -0.3 is 10.8 Å². The molecule has 1 saturated heterocycles. The molecule has 6 heteroatoms. The Labute approximate surface area is 114 Å². The van der Waals surface area contributed by atoms with Gasteiger partial charge in [0.1, 0.15) is 0 Å². The predicted molar refractivity (Wildman–Crippen MR) is 74.8 cm³/mol. The number of nitrogen functional groups attached to an aromatic ring is 1. The number of rotatable bonds is 4. The Morgan fingerprint density at radius 2 is 2.16 bits per heavy atom. The second-order valence-corrected chi connectivity index (χ2v) is 7.07. The summed E-state index contributed by atoms with van der Waals surface area (Å²) in [5.74, 6) is -0.0467. The number of benzene rings is 1. The summed E-state index contributed by atoms with van der Waals surface area (Å²) in [6.45, 7) is 2.58. The lowest BCUT2D eigenvalue weighted by Gasteiger charge is -2.18. The first-order valence-corrected chi connectivity index (χ1v) is 8.00. The minimum atomic E-state index is -3.36. The smallest absolute Gasteiger partial charge is 0.218 e. The predicted octanol–water partition coefficient (Wildman–Crippen LogP) is 0.801. The van der Waals surface area contributed by atoms with Gasteiger partial charge in [-0.3, -0.25) is 0 Å². The standard InChI is InChI=1S/C13H20N2O3S/c1-10(16)11-6-7-15(8-11)19(17,18)9-12-4-2-3-5-13(12)14/h2-5,10-11,16H,6-9,14H2,1H3. The fraction of sp³-hybridized carbons (Fsp3) is 0.538. The number of sulfonamides is 1. The Balaban J connectivity index is 2.10. The minimum absolute atomic E-state index is 0.0305. The average Bonchev–Trinajstić information content (AvgIpc) is 2.82. The van der Waals surface area contributed by atoms with Crippen LogP contribution in [0.3, 0.4) is 0 Å². The number of aliphatic hydroxyl groups excluding tert-OH is 1. The van der Waals surface area contributed by atoms with Crippen molar-refractivity contribution in [1.82, 2.24) is 4.31 Å². The normalized spacial score (nSPS) is 22.5. The van der Waals surface area contributed by atoms with Crippen LogP contribution in [-0.2, 0) is 15.8 Å². The van der Waals surface area contributed by atoms with E-state index in [9.17, 15) is 13.5 Å². The zero-order valence-corrected chi connectivity index (χ0v) is 11.8. The number of anilines is 1. The Morgan fingerprint density at radius 3 is 2.74 bits per heavy atom. The van der Waals surface area contributed by atoms with E-state index >= 15 is 0 Å². The molecule has 1 heterocycles. The molecule has 0 aromatic heterocycles. The lowest BCUT2D eigenvalue weighted by molar-refractivity contribution is 0.133. The van der Waals surface area contributed by atoms with Gasteiger partial charge in [0.05, 0.1) is 11.9 Å². The zero-order chi connectivity index (χ0) is 14.0. The molecule has 2 unspecified atom stereocenters. The van der Waals surface area contributed by atoms with Crippen molar-refractivity contribution < 1.29 is 13.5 Å². The van der Waals surface area contributed by atoms with Gasteiger partial charge in [-0.05, 0) is 30.9 Å². The quantitative estimate of drug-likeness (QED) is 0.801. The molecule has 2 atom stereocenters. The van der Waals surface area contributed by atoms with Gasteiger partial charge in [0, 0.05) is 18.8 Å². The van der Waals surface area contributed by atoms with E-state index in [2.05, 4.69) is 0 Å². The molecule has 106 valence electrons. The molecular weight excluding hydrogens is 264 g/mol. The molecule has 0 radical (unpaired) electrons. The third kappa shape index (κ3) is 3.26. The van der Waals surface area contributed by atoms with Crippen molar-refractivity contribution >= 4 is 15.7 Å². The van der Waals surface area contributed by atoms with Crippen LogP contribution in [0.2, 0.25) is 0 Å². The fourth-order valence-electron chi connectivity index (χ4n) is 2.35. The molecule has 2 rings (SSSR count). The summed E-state index contributed by atoms with van der Waals surface area (Å²) in [5, 5.41) is 9.53. The molecule has 1 aliphatic rings. The van der Waals surface area contributed by atoms with Gasteiger partial charge in [0.2, 0.25) is 10.0 Å². The molecule has 3 N–H and O–H groups in total. The fourth-order valence-corrected chi connectivity index (χ4v) is 3.99. The minimum Gasteiger partial charge on any atom is -0.398 e. The van der Waals surface area contributed by atoms with Crippen molar-refractivity contribution in [3.05, 3.63) is 29.8 Å². The van der Waals surface area contributed by atoms with Crippen molar-refractivity contribution in [2.45, 2.75) is 25.2 Å². The van der Waals surface area contributed by atoms with Crippen molar-refractivity contribution in [3.8, 4) is 0 Å². The molecule has 0 bridgehead atoms. The summed E-state index contributed by atoms with van der Waals surface area (Å²) in [5.41, 5.74) is 6.90. The molecule has 1 aromatic rings. The highest BCUT2D eigenvalue weighted by molar-refractivity contribution is 7.88. The van der Waals surface area contributed by atoms with Crippen LogP contribution in [0.4, 0.5) is 5.69 Å². The monoisotopic (exact) mass is 284 g/mol. The van der Waals surface area contributed by atoms with Crippen molar-refractivity contribution in [1.29, 1.82) is 0 Å². The highest BCUT2D eigenvalue weighted by Crippen LogP contribution is 2.25. The summed E-state index contributed by atoms with van der Waals surface area (Å²) in [6.07, 6.45) is 0.239. The number of para-hydroxylation sites is 1. The highest BCUT2D eigenvalue weighted by atomic mass is 32.2. The maximum absolute atomic E-state index is 12.3. The Hall–Kier alpha value is -1.11. The summed E-state index contributed by atoms with van der Waals surface area (Å²) in [7, 11) is -3.36. The van der Waals surface area contributed by atoms with E-state index in [0.29, 0.717) is 30.8 Å². The Kier molecular flexibility index (Phi) is 4.13. The Morgan fingerprint density at radius 1 is 1.47 bits per heavy atom. The van der Waals surface area contributed by atoms with Gasteiger partial charge in [-0.2, -0.15) is 0 Å². The second-order valence-electron chi connectivity index (χ2n) is 5.10. The SMILES string of the molecule is CC(O)C1CCN(S(=O)(=O)Cc2ccccc2N)C1. The third-order valence-electron chi connectivity index (χ3n) is 3.66. The van der Waals surface area contributed by atoms with E-state index in [1.54, 1.807) is 31.2 Å². The van der Waals surface area contributed by atoms with Gasteiger partial charge in [-0.1, -0.05) is 18.2 Å². The number of nitrogens with zero attached hydrogens (tertiary/aromatic N) is 1. The van der Waals surface area contributed by atoms with E-state index in [1.807, 2.05) is 0 Å². The zero-order valence-electron chi connectivity index (χ0n) is 11.0. The van der Waals surface area contributed by atoms with Crippen LogP contribution < -0.4 is 5.73 Å². The summed E-state index contributed by atoms with van der Waals surface area (Å²) >= 11 is 0. The number of hydrogen-bond donors (Lipinski definition) is 2. The van der Waals surface area contributed by atoms with Gasteiger partial charge in [-0.15, -0.1) is 0 Å². The molecule has 1 aromatic carbocycles. The van der Waals surface area contributed by atoms with E-state index < -0.39 is 16.1 Å². The molecule has 0 amide bonds. The lowest BCUT2D eigenvalue weighted by Crippen LogP contribution is -2.31. The molecular formula is C13H20N2O3S. The van der Waals surface area contributed by atoms with E-state index in [0.717, 1.165) is 0 Å². The molecule has 19 heavy (non-hydrogen) atoms. The molecule has 0 aliphatic carbocycles. The summed E-state index contributed by atoms with van der Waals surface area (Å²) in [6, 6.07) is 7.00. The van der Waals surface area contributed by atoms with Gasteiger partial charge in [0.25, 0.3) is 0 Å². The van der Waals surface area contributed by atoms with E-state index in [1.165, 1.54) is 4.31 Å². The highest BCUT2D eigenvalue weighted by Gasteiger charge is 2.33. The average molecular weight is 284 g/mol. The third-order valence-corrected chi connectivity index (χ3v) is 5.45. The van der Waals surface area contributed by atoms with Crippen molar-refractivity contribution in [2.24, 2.45) is 5.92 Å². The maximum Gasteiger partial charge on any atom is 0.218 e. The first-order valence-electron chi connectivity index (χ1n) is 6.39. The van der Waals surface area contributed by atoms with Crippen LogP contribution in [0, 0.1) is 5.92 Å². The first kappa shape index (κ1) is 14.3. The first-order chi connectivity index (χ1) is 8.90. The van der Waals surface area contributed by atoms with Crippen LogP contribution in [0.1, 0.15) is 18.9 Å². The molecule has 1 aliphatic heterocycles. The van der Waals surface area contributed by atoms with E-state index in [-0.39, 0.29) is 11.7 Å². The molecule has 5 nitrogen and oxygen atoms in total. The number of hydrogen-bond acceptors (Lipinski definition) is 4. The molecule has 1 fully saturated rings. The number of nitrogens with two attached hydrogens (primary N) is 1. The lowest BCUT2D eigenvalue weighted by atomic mass is 10.0. The maximum atomic E-state index is 12.3. The number of aliphatic hydroxyl groups is 1. The van der Waals surface area contributed by atoms with Gasteiger partial charge >= 0.3 is 0 Å².